The summed E-state index contributed by atoms with van der Waals surface area (Å²) in [5.41, 5.74) is 19.3. The fourth-order valence-electron chi connectivity index (χ4n) is 20.6. The number of alkyl halides is 5. The van der Waals surface area contributed by atoms with Crippen LogP contribution in [-0.4, -0.2) is 306 Å². The number of nitriles is 3. The Morgan fingerprint density at radius 2 is 0.818 bits per heavy atom. The number of piperazine rings is 3. The fraction of sp³-hybridized carbons (Fsp3) is 0.495. The topological polar surface area (TPSA) is 317 Å². The summed E-state index contributed by atoms with van der Waals surface area (Å²) in [6.45, 7) is 23.6. The molecule has 3 N–H and O–H groups in total. The molecular formula is C95H111ClF5N25O6. The van der Waals surface area contributed by atoms with Crippen LogP contribution >= 0.6 is 11.6 Å². The quantitative estimate of drug-likeness (QED) is 0.0471. The van der Waals surface area contributed by atoms with Gasteiger partial charge in [0.2, 0.25) is 29.5 Å². The van der Waals surface area contributed by atoms with Gasteiger partial charge in [0.25, 0.3) is 11.8 Å². The summed E-state index contributed by atoms with van der Waals surface area (Å²) in [5, 5.41) is 56.6. The van der Waals surface area contributed by atoms with Crippen molar-refractivity contribution in [2.75, 3.05) is 208 Å². The average Bonchev–Trinajstić information content (AvgIpc) is 1.30. The number of fused-ring (bicyclic) bond motifs is 6. The van der Waals surface area contributed by atoms with Gasteiger partial charge >= 0.3 is 6.18 Å². The Morgan fingerprint density at radius 3 is 1.12 bits per heavy atom. The van der Waals surface area contributed by atoms with Gasteiger partial charge in [-0.15, -0.1) is 0 Å². The van der Waals surface area contributed by atoms with Crippen LogP contribution in [0.3, 0.4) is 0 Å². The van der Waals surface area contributed by atoms with E-state index in [2.05, 4.69) is 166 Å². The van der Waals surface area contributed by atoms with Crippen molar-refractivity contribution < 1.29 is 50.5 Å². The number of anilines is 6. The lowest BCUT2D eigenvalue weighted by Gasteiger charge is -2.39. The number of carbonyl (C=O) groups excluding carboxylic acids is 3. The van der Waals surface area contributed by atoms with Crippen LogP contribution in [0.25, 0.3) is 32.7 Å². The van der Waals surface area contributed by atoms with E-state index in [9.17, 15) is 52.1 Å². The third-order valence-electron chi connectivity index (χ3n) is 27.7. The molecule has 6 aromatic heterocycles. The standard InChI is InChI=1S/C34H41F2N9O2.C31H35F3N8O2.C30H35ClN8O2/c1-23-7-8-28-27(18-38-40-28)31(23)45-12-9-25-29(19-45)39-33(47-20-24-5-3-10-41(24)2)26(17-37)32(25)44-15-13-43(14-16-44)30(46)6-4-11-42-21-34(35,36)22-42;1-20-5-6-25-24(17-36-38-25)28(20)42-11-8-22-26(18-42)37-30(44-19-21-4-3-10-39(21)2)23(16-35)29(22)41-14-12-40(13-15-41)27(43)7-9-31(32,33)34;1-19-6-7-25-24(16-33-35-25)27(19)39-10-8-22-26(17-39)34-29(41-18-21-5-4-9-36(21)3)23(15-32)28(22)37-11-13-38(14-12-37)30(40)20(2)31/h4,6-8,18,24H,3,5,9-16,19-22H2,1-2H3,(H,38,40);5-7,9,17,21H,3-4,8,10-15,18-19H2,1-2H3,(H,36,38);6-7,16,21H,2,4-5,8-14,17-18H2,1,3H3,(H,33,35)/b6-4+;9-7+;/t24-;2*21-/m000/s1. The highest BCUT2D eigenvalue weighted by Crippen LogP contribution is 2.45. The number of rotatable bonds is 20. The number of nitrogens with one attached hydrogen (secondary N) is 3. The molecule has 9 aromatic rings. The second-order valence-corrected chi connectivity index (χ2v) is 36.6. The van der Waals surface area contributed by atoms with Crippen LogP contribution in [0.5, 0.6) is 17.6 Å². The number of carbonyl (C=O) groups is 3. The summed E-state index contributed by atoms with van der Waals surface area (Å²) in [7, 11) is 6.29. The molecule has 0 aliphatic carbocycles. The highest BCUT2D eigenvalue weighted by molar-refractivity contribution is 6.41. The Kier molecular flexibility index (Phi) is 27.2. The maximum Gasteiger partial charge on any atom is 0.409 e. The number of aryl methyl sites for hydroxylation is 3. The predicted molar refractivity (Wildman–Crippen MR) is 494 cm³/mol. The molecule has 0 spiro atoms. The Balaban J connectivity index is 0.000000139. The first kappa shape index (κ1) is 91.5. The van der Waals surface area contributed by atoms with E-state index in [1.54, 1.807) is 20.8 Å². The zero-order valence-electron chi connectivity index (χ0n) is 75.5. The van der Waals surface area contributed by atoms with Crippen LogP contribution in [0.15, 0.2) is 90.9 Å². The van der Waals surface area contributed by atoms with Crippen molar-refractivity contribution >= 4 is 96.2 Å². The highest BCUT2D eigenvalue weighted by Gasteiger charge is 2.44. The molecule has 10 aliphatic rings. The van der Waals surface area contributed by atoms with E-state index in [1.165, 1.54) is 16.5 Å². The molecule has 37 heteroatoms. The van der Waals surface area contributed by atoms with Gasteiger partial charge in [-0.1, -0.05) is 42.5 Å². The largest absolute Gasteiger partial charge is 0.475 e. The summed E-state index contributed by atoms with van der Waals surface area (Å²) in [6, 6.07) is 20.5. The molecule has 10 aliphatic heterocycles. The third kappa shape index (κ3) is 19.5. The van der Waals surface area contributed by atoms with Crippen LogP contribution in [0.1, 0.15) is 106 Å². The van der Waals surface area contributed by atoms with Crippen LogP contribution in [0, 0.1) is 54.8 Å². The number of nitrogens with zero attached hydrogens (tertiary/aromatic N) is 22. The lowest BCUT2D eigenvalue weighted by molar-refractivity contribution is -0.128. The molecule has 0 bridgehead atoms. The molecular weight excluding hydrogens is 1720 g/mol. The lowest BCUT2D eigenvalue weighted by Crippen LogP contribution is -2.55. The van der Waals surface area contributed by atoms with E-state index < -0.39 is 18.0 Å². The number of hydrogen-bond donors (Lipinski definition) is 3. The fourth-order valence-corrected chi connectivity index (χ4v) is 20.7. The smallest absolute Gasteiger partial charge is 0.409 e. The third-order valence-corrected chi connectivity index (χ3v) is 27.9. The summed E-state index contributed by atoms with van der Waals surface area (Å²) < 4.78 is 83.2. The number of ether oxygens (including phenoxy) is 3. The van der Waals surface area contributed by atoms with Crippen LogP contribution in [0.4, 0.5) is 56.1 Å². The molecule has 31 nitrogen and oxygen atoms in total. The monoisotopic (exact) mass is 1830 g/mol. The summed E-state index contributed by atoms with van der Waals surface area (Å²) in [6.07, 6.45) is 13.3. The first-order chi connectivity index (χ1) is 63.7. The molecule has 0 unspecified atom stereocenters. The number of H-pyrrole nitrogens is 3. The van der Waals surface area contributed by atoms with E-state index in [-0.39, 0.29) is 61.2 Å². The molecule has 132 heavy (non-hydrogen) atoms. The number of likely N-dealkylation sites (N-methyl/N-ethyl adjacent to an activating group) is 3. The van der Waals surface area contributed by atoms with E-state index in [1.807, 2.05) is 30.7 Å². The van der Waals surface area contributed by atoms with Crippen molar-refractivity contribution in [1.29, 1.82) is 15.8 Å². The SMILES string of the molecule is C=C(Cl)C(=O)N1CCN(c2c(C#N)c(OC[C@@H]3CCCN3C)nc3c2CCN(c2c(C)ccc4[nH]ncc24)C3)CC1.Cc1ccc2[nH]ncc2c1N1CCc2c(nc(OC[C@@H]3CCCN3C)c(C#N)c2N2CCN(C(=O)/C=C/C(F)(F)F)CC2)C1.Cc1ccc2[nH]ncc2c1N1CCc2c(nc(OC[C@@H]3CCCN3C)c(C#N)c2N2CCN(C(=O)/C=C/CN3CC(F)(F)C3)CC2)C1. The van der Waals surface area contributed by atoms with Gasteiger partial charge in [-0.25, -0.2) is 23.7 Å². The molecule has 0 saturated carbocycles. The lowest BCUT2D eigenvalue weighted by atomic mass is 9.97. The van der Waals surface area contributed by atoms with Gasteiger partial charge in [0.05, 0.1) is 124 Å². The Bertz CT molecular complexity index is 6020. The number of aromatic amines is 3. The Morgan fingerprint density at radius 1 is 0.485 bits per heavy atom. The minimum Gasteiger partial charge on any atom is -0.475 e. The number of aromatic nitrogens is 9. The van der Waals surface area contributed by atoms with Gasteiger partial charge in [0, 0.05) is 174 Å². The summed E-state index contributed by atoms with van der Waals surface area (Å²) >= 11 is 5.90. The van der Waals surface area contributed by atoms with Crippen molar-refractivity contribution in [2.45, 2.75) is 128 Å². The molecule has 3 amide bonds. The number of halogens is 6. The van der Waals surface area contributed by atoms with Gasteiger partial charge in [0.15, 0.2) is 0 Å². The second kappa shape index (κ2) is 39.2. The van der Waals surface area contributed by atoms with Gasteiger partial charge in [-0.05, 0) is 154 Å². The minimum absolute atomic E-state index is 0.0213. The van der Waals surface area contributed by atoms with Crippen LogP contribution in [0.2, 0.25) is 0 Å². The van der Waals surface area contributed by atoms with Gasteiger partial charge in [0.1, 0.15) is 54.7 Å². The Hall–Kier alpha value is -12.4. The zero-order chi connectivity index (χ0) is 92.4. The number of amides is 3. The predicted octanol–water partition coefficient (Wildman–Crippen LogP) is 10.8. The normalized spacial score (nSPS) is 20.2. The first-order valence-electron chi connectivity index (χ1n) is 45.6. The van der Waals surface area contributed by atoms with Gasteiger partial charge in [-0.2, -0.15) is 44.3 Å². The van der Waals surface area contributed by atoms with Gasteiger partial charge < -0.3 is 73.0 Å². The first-order valence-corrected chi connectivity index (χ1v) is 45.9. The van der Waals surface area contributed by atoms with Crippen molar-refractivity contribution in [2.24, 2.45) is 0 Å². The van der Waals surface area contributed by atoms with Crippen molar-refractivity contribution in [3.05, 3.63) is 158 Å². The minimum atomic E-state index is -4.55. The van der Waals surface area contributed by atoms with E-state index >= 15 is 0 Å². The molecule has 0 radical (unpaired) electrons. The van der Waals surface area contributed by atoms with Crippen LogP contribution < -0.4 is 43.6 Å². The number of likely N-dealkylation sites (tertiary alicyclic amines) is 4. The van der Waals surface area contributed by atoms with Gasteiger partial charge in [-0.3, -0.25) is 34.6 Å². The molecule has 19 rings (SSSR count). The molecule has 694 valence electrons. The second-order valence-electron chi connectivity index (χ2n) is 36.1. The molecule has 3 atom stereocenters. The summed E-state index contributed by atoms with van der Waals surface area (Å²) in [5.74, 6) is -2.59. The van der Waals surface area contributed by atoms with Crippen molar-refractivity contribution in [3.8, 4) is 35.8 Å². The van der Waals surface area contributed by atoms with Crippen molar-refractivity contribution in [3.63, 3.8) is 0 Å². The van der Waals surface area contributed by atoms with E-state index in [4.69, 9.17) is 40.8 Å². The molecule has 7 saturated heterocycles. The number of hydrogen-bond acceptors (Lipinski definition) is 25. The molecule has 16 heterocycles. The summed E-state index contributed by atoms with van der Waals surface area (Å²) in [4.78, 5) is 79.6. The van der Waals surface area contributed by atoms with Crippen LogP contribution in [-0.2, 0) is 53.3 Å². The Labute approximate surface area is 768 Å². The number of allylic oxidation sites excluding steroid dienone is 1. The maximum atomic E-state index is 13.1. The zero-order valence-corrected chi connectivity index (χ0v) is 76.2. The number of benzene rings is 3. The van der Waals surface area contributed by atoms with E-state index in [0.29, 0.717) is 177 Å². The maximum absolute atomic E-state index is 13.1. The molecule has 7 fully saturated rings. The highest BCUT2D eigenvalue weighted by atomic mass is 35.5. The molecule has 3 aromatic carbocycles. The van der Waals surface area contributed by atoms with E-state index in [0.717, 1.165) is 189 Å². The number of pyridine rings is 3. The van der Waals surface area contributed by atoms with Crippen molar-refractivity contribution in [1.82, 2.24) is 79.8 Å². The average molecular weight is 1830 g/mol.